The summed E-state index contributed by atoms with van der Waals surface area (Å²) in [7, 11) is -9.93. The first-order chi connectivity index (χ1) is 50.4. The highest BCUT2D eigenvalue weighted by Gasteiger charge is 2.30. The zero-order valence-corrected chi connectivity index (χ0v) is 70.1. The van der Waals surface area contributed by atoms with Crippen molar-refractivity contribution in [2.75, 3.05) is 39.6 Å². The van der Waals surface area contributed by atoms with Gasteiger partial charge in [0.1, 0.15) is 19.3 Å². The van der Waals surface area contributed by atoms with Crippen LogP contribution in [0.15, 0.2) is 0 Å². The molecule has 0 saturated carbocycles. The third-order valence-electron chi connectivity index (χ3n) is 20.3. The summed E-state index contributed by atoms with van der Waals surface area (Å²) in [4.78, 5) is 73.2. The minimum atomic E-state index is -4.97. The maximum absolute atomic E-state index is 13.1. The number of carbonyl (C=O) groups excluding carboxylic acids is 4. The van der Waals surface area contributed by atoms with Gasteiger partial charge in [0.25, 0.3) is 0 Å². The molecule has 19 heteroatoms. The van der Waals surface area contributed by atoms with Crippen LogP contribution >= 0.6 is 15.6 Å². The summed E-state index contributed by atoms with van der Waals surface area (Å²) in [5, 5.41) is 10.7. The lowest BCUT2D eigenvalue weighted by Gasteiger charge is -2.21. The summed E-state index contributed by atoms with van der Waals surface area (Å²) in [6.07, 6.45) is 68.0. The van der Waals surface area contributed by atoms with Gasteiger partial charge in [-0.2, -0.15) is 0 Å². The van der Waals surface area contributed by atoms with E-state index in [0.29, 0.717) is 31.6 Å². The minimum absolute atomic E-state index is 0.108. The summed E-state index contributed by atoms with van der Waals surface area (Å²) in [6.45, 7) is 9.67. The third kappa shape index (κ3) is 76.8. The fraction of sp³-hybridized carbons (Fsp3) is 0.953. The van der Waals surface area contributed by atoms with Crippen LogP contribution in [0, 0.1) is 11.8 Å². The highest BCUT2D eigenvalue weighted by Crippen LogP contribution is 2.45. The normalized spacial score (nSPS) is 14.1. The Hall–Kier alpha value is -1.94. The quantitative estimate of drug-likeness (QED) is 0.0222. The number of ether oxygens (including phenoxy) is 4. The zero-order valence-electron chi connectivity index (χ0n) is 68.3. The third-order valence-corrected chi connectivity index (χ3v) is 22.2. The highest BCUT2D eigenvalue weighted by molar-refractivity contribution is 7.47. The molecule has 0 fully saturated rings. The molecule has 618 valence electrons. The predicted molar refractivity (Wildman–Crippen MR) is 428 cm³/mol. The van der Waals surface area contributed by atoms with E-state index in [4.69, 9.17) is 37.0 Å². The standard InChI is InChI=1S/C85H166O17P2/c1-7-10-12-14-16-18-20-22-24-26-27-29-31-37-41-45-51-58-64-69-84(89)101-80(73-95-82(87)67-61-55-49-43-39-35-33-32-34-38-42-48-54-60-66-78(6)9-3)75-99-103(91,92)97-71-79(86)72-98-104(93,94)100-76-81(74-96-83(88)68-62-56-52-46-47-53-59-65-77(4)5)102-85(90)70-63-57-50-44-40-36-30-28-25-23-21-19-17-15-13-11-8-2/h77-81,86H,7-76H2,1-6H3,(H,91,92)(H,93,94)/t78?,79-,80-,81-/m1/s1. The van der Waals surface area contributed by atoms with Crippen LogP contribution in [0.4, 0.5) is 0 Å². The van der Waals surface area contributed by atoms with Gasteiger partial charge in [-0.05, 0) is 37.5 Å². The van der Waals surface area contributed by atoms with Gasteiger partial charge in [0, 0.05) is 25.7 Å². The molecule has 17 nitrogen and oxygen atoms in total. The van der Waals surface area contributed by atoms with Gasteiger partial charge in [0.15, 0.2) is 12.2 Å². The average Bonchev–Trinajstić information content (AvgIpc) is 0.905. The molecule has 0 saturated heterocycles. The molecule has 0 aromatic carbocycles. The Morgan fingerprint density at radius 3 is 0.731 bits per heavy atom. The van der Waals surface area contributed by atoms with E-state index in [1.54, 1.807) is 0 Å². The van der Waals surface area contributed by atoms with Gasteiger partial charge < -0.3 is 33.8 Å². The molecule has 6 atom stereocenters. The van der Waals surface area contributed by atoms with Gasteiger partial charge >= 0.3 is 39.5 Å². The monoisotopic (exact) mass is 1520 g/mol. The molecule has 0 aromatic heterocycles. The summed E-state index contributed by atoms with van der Waals surface area (Å²) < 4.78 is 68.9. The number of unbranched alkanes of at least 4 members (excludes halogenated alkanes) is 53. The summed E-state index contributed by atoms with van der Waals surface area (Å²) >= 11 is 0. The molecule has 0 heterocycles. The number of carbonyl (C=O) groups is 4. The Morgan fingerprint density at radius 2 is 0.490 bits per heavy atom. The van der Waals surface area contributed by atoms with E-state index in [0.717, 1.165) is 102 Å². The molecule has 0 aliphatic rings. The maximum Gasteiger partial charge on any atom is 0.472 e. The maximum atomic E-state index is 13.1. The smallest absolute Gasteiger partial charge is 0.462 e. The van der Waals surface area contributed by atoms with Crippen molar-refractivity contribution < 1.29 is 80.2 Å². The van der Waals surface area contributed by atoms with Gasteiger partial charge in [-0.25, -0.2) is 9.13 Å². The molecule has 0 aliphatic heterocycles. The second kappa shape index (κ2) is 76.4. The molecule has 3 N–H and O–H groups in total. The first-order valence-corrected chi connectivity index (χ1v) is 47.0. The Bertz CT molecular complexity index is 2000. The molecule has 0 aliphatic carbocycles. The van der Waals surface area contributed by atoms with Gasteiger partial charge in [0.2, 0.25) is 0 Å². The van der Waals surface area contributed by atoms with E-state index < -0.39 is 97.5 Å². The lowest BCUT2D eigenvalue weighted by Crippen LogP contribution is -2.30. The second-order valence-electron chi connectivity index (χ2n) is 31.3. The molecular weight excluding hydrogens is 1350 g/mol. The molecule has 0 amide bonds. The molecule has 3 unspecified atom stereocenters. The Morgan fingerprint density at radius 1 is 0.279 bits per heavy atom. The molecule has 0 rings (SSSR count). The molecule has 0 spiro atoms. The molecule has 104 heavy (non-hydrogen) atoms. The van der Waals surface area contributed by atoms with E-state index in [2.05, 4.69) is 41.5 Å². The van der Waals surface area contributed by atoms with Crippen molar-refractivity contribution in [3.05, 3.63) is 0 Å². The van der Waals surface area contributed by atoms with Gasteiger partial charge in [-0.1, -0.05) is 401 Å². The van der Waals surface area contributed by atoms with E-state index in [1.165, 1.54) is 263 Å². The van der Waals surface area contributed by atoms with Crippen LogP contribution in [0.1, 0.15) is 452 Å². The summed E-state index contributed by atoms with van der Waals surface area (Å²) in [5.41, 5.74) is 0. The van der Waals surface area contributed by atoms with Crippen molar-refractivity contribution in [3.63, 3.8) is 0 Å². The highest BCUT2D eigenvalue weighted by atomic mass is 31.2. The topological polar surface area (TPSA) is 237 Å². The Kier molecular flexibility index (Phi) is 75.0. The fourth-order valence-corrected chi connectivity index (χ4v) is 14.8. The van der Waals surface area contributed by atoms with Crippen LogP contribution in [0.2, 0.25) is 0 Å². The van der Waals surface area contributed by atoms with Crippen molar-refractivity contribution in [1.29, 1.82) is 0 Å². The molecule has 0 aromatic rings. The van der Waals surface area contributed by atoms with Crippen LogP contribution in [-0.4, -0.2) is 96.7 Å². The largest absolute Gasteiger partial charge is 0.472 e. The number of rotatable bonds is 84. The van der Waals surface area contributed by atoms with Crippen LogP contribution in [0.3, 0.4) is 0 Å². The number of hydrogen-bond donors (Lipinski definition) is 3. The van der Waals surface area contributed by atoms with Gasteiger partial charge in [-0.3, -0.25) is 37.3 Å². The number of esters is 4. The van der Waals surface area contributed by atoms with Crippen LogP contribution in [-0.2, 0) is 65.4 Å². The van der Waals surface area contributed by atoms with E-state index in [-0.39, 0.29) is 25.7 Å². The molecule has 0 radical (unpaired) electrons. The van der Waals surface area contributed by atoms with Crippen LogP contribution in [0.25, 0.3) is 0 Å². The number of phosphoric ester groups is 2. The lowest BCUT2D eigenvalue weighted by atomic mass is 9.99. The number of aliphatic hydroxyl groups is 1. The van der Waals surface area contributed by atoms with Gasteiger partial charge in [0.05, 0.1) is 26.4 Å². The zero-order chi connectivity index (χ0) is 76.4. The van der Waals surface area contributed by atoms with Crippen LogP contribution in [0.5, 0.6) is 0 Å². The van der Waals surface area contributed by atoms with Crippen molar-refractivity contribution in [1.82, 2.24) is 0 Å². The van der Waals surface area contributed by atoms with E-state index >= 15 is 0 Å². The Labute approximate surface area is 638 Å². The van der Waals surface area contributed by atoms with E-state index in [1.807, 2.05) is 0 Å². The van der Waals surface area contributed by atoms with Crippen molar-refractivity contribution in [2.45, 2.75) is 471 Å². The number of hydrogen-bond acceptors (Lipinski definition) is 15. The second-order valence-corrected chi connectivity index (χ2v) is 34.2. The van der Waals surface area contributed by atoms with E-state index in [9.17, 15) is 43.2 Å². The van der Waals surface area contributed by atoms with Crippen molar-refractivity contribution in [2.24, 2.45) is 11.8 Å². The van der Waals surface area contributed by atoms with Crippen LogP contribution < -0.4 is 0 Å². The molecular formula is C85H166O17P2. The first kappa shape index (κ1) is 102. The fourth-order valence-electron chi connectivity index (χ4n) is 13.2. The van der Waals surface area contributed by atoms with Crippen molar-refractivity contribution in [3.8, 4) is 0 Å². The minimum Gasteiger partial charge on any atom is -0.462 e. The average molecular weight is 1520 g/mol. The first-order valence-electron chi connectivity index (χ1n) is 44.0. The number of aliphatic hydroxyl groups excluding tert-OH is 1. The van der Waals surface area contributed by atoms with Crippen molar-refractivity contribution >= 4 is 39.5 Å². The molecule has 0 bridgehead atoms. The predicted octanol–water partition coefficient (Wildman–Crippen LogP) is 25.8. The Balaban J connectivity index is 5.24. The lowest BCUT2D eigenvalue weighted by molar-refractivity contribution is -0.161. The summed E-state index contributed by atoms with van der Waals surface area (Å²) in [6, 6.07) is 0. The van der Waals surface area contributed by atoms with Gasteiger partial charge in [-0.15, -0.1) is 0 Å². The number of phosphoric acid groups is 2. The SMILES string of the molecule is CCCCCCCCCCCCCCCCCCCCCC(=O)O[C@H](COC(=O)CCCCCCCCCCCCCCCCC(C)CC)COP(=O)(O)OC[C@@H](O)COP(=O)(O)OC[C@@H](COC(=O)CCCCCCCCCC(C)C)OC(=O)CCCCCCCCCCCCCCCCCCC. The summed E-state index contributed by atoms with van der Waals surface area (Å²) in [5.74, 6) is -0.548.